The molecule has 0 spiro atoms. The van der Waals surface area contributed by atoms with Crippen LogP contribution < -0.4 is 10.3 Å². The highest BCUT2D eigenvalue weighted by Gasteiger charge is 2.20. The lowest BCUT2D eigenvalue weighted by Crippen LogP contribution is -2.26. The quantitative estimate of drug-likeness (QED) is 0.496. The predicted octanol–water partition coefficient (Wildman–Crippen LogP) is 4.52. The van der Waals surface area contributed by atoms with Crippen LogP contribution in [-0.4, -0.2) is 27.2 Å². The van der Waals surface area contributed by atoms with Crippen LogP contribution in [0.3, 0.4) is 0 Å². The smallest absolute Gasteiger partial charge is 0.337 e. The van der Waals surface area contributed by atoms with Crippen LogP contribution in [0.4, 0.5) is 0 Å². The second-order valence-corrected chi connectivity index (χ2v) is 7.92. The number of carboxylic acids is 1. The second-order valence-electron chi connectivity index (χ2n) is 7.06. The van der Waals surface area contributed by atoms with E-state index >= 15 is 0 Å². The van der Waals surface area contributed by atoms with Crippen molar-refractivity contribution in [3.8, 4) is 17.1 Å². The topological polar surface area (TPSA) is 81.4 Å². The number of aromatic carboxylic acids is 1. The molecule has 6 nitrogen and oxygen atoms in total. The monoisotopic (exact) mass is 420 g/mol. The Labute approximate surface area is 177 Å². The average molecular weight is 420 g/mol. The molecule has 30 heavy (non-hydrogen) atoms. The van der Waals surface area contributed by atoms with Gasteiger partial charge in [0.25, 0.3) is 5.56 Å². The predicted molar refractivity (Wildman–Crippen MR) is 118 cm³/mol. The maximum Gasteiger partial charge on any atom is 0.337 e. The Morgan fingerprint density at radius 2 is 1.87 bits per heavy atom. The van der Waals surface area contributed by atoms with Crippen molar-refractivity contribution in [2.45, 2.75) is 20.4 Å². The van der Waals surface area contributed by atoms with Gasteiger partial charge in [-0.3, -0.25) is 9.36 Å². The molecule has 0 bridgehead atoms. The summed E-state index contributed by atoms with van der Waals surface area (Å²) in [6.45, 7) is 4.45. The molecule has 0 amide bonds. The fraction of sp³-hybridized carbons (Fsp3) is 0.174. The number of aromatic nitrogens is 2. The number of hydrogen-bond acceptors (Lipinski definition) is 5. The first-order valence-corrected chi connectivity index (χ1v) is 10.3. The van der Waals surface area contributed by atoms with Crippen molar-refractivity contribution in [2.24, 2.45) is 0 Å². The zero-order valence-electron chi connectivity index (χ0n) is 16.6. The van der Waals surface area contributed by atoms with Gasteiger partial charge in [-0.05, 0) is 37.6 Å². The Balaban J connectivity index is 1.79. The molecule has 2 aromatic carbocycles. The number of thiophene rings is 1. The van der Waals surface area contributed by atoms with E-state index < -0.39 is 5.97 Å². The van der Waals surface area contributed by atoms with Crippen LogP contribution in [0.15, 0.2) is 58.7 Å². The molecule has 0 atom stereocenters. The molecule has 0 fully saturated rings. The van der Waals surface area contributed by atoms with Crippen molar-refractivity contribution in [2.75, 3.05) is 6.61 Å². The molecule has 7 heteroatoms. The van der Waals surface area contributed by atoms with Crippen LogP contribution in [-0.2, 0) is 6.54 Å². The van der Waals surface area contributed by atoms with E-state index in [1.165, 1.54) is 9.95 Å². The third-order valence-electron chi connectivity index (χ3n) is 4.77. The van der Waals surface area contributed by atoms with Gasteiger partial charge in [-0.25, -0.2) is 9.78 Å². The first kappa shape index (κ1) is 19.8. The van der Waals surface area contributed by atoms with Crippen molar-refractivity contribution < 1.29 is 14.6 Å². The second kappa shape index (κ2) is 8.12. The third-order valence-corrected chi connectivity index (χ3v) is 5.65. The van der Waals surface area contributed by atoms with Gasteiger partial charge in [0.05, 0.1) is 17.5 Å². The largest absolute Gasteiger partial charge is 0.492 e. The molecule has 1 N–H and O–H groups in total. The van der Waals surface area contributed by atoms with Crippen LogP contribution in [0.1, 0.15) is 21.5 Å². The summed E-state index contributed by atoms with van der Waals surface area (Å²) < 4.78 is 7.34. The zero-order chi connectivity index (χ0) is 21.3. The highest BCUT2D eigenvalue weighted by Crippen LogP contribution is 2.26. The lowest BCUT2D eigenvalue weighted by molar-refractivity contribution is 0.0699. The maximum atomic E-state index is 13.3. The first-order valence-electron chi connectivity index (χ1n) is 9.46. The molecular formula is C23H20N2O4S. The Kier molecular flexibility index (Phi) is 5.37. The van der Waals surface area contributed by atoms with Crippen molar-refractivity contribution in [1.82, 2.24) is 9.55 Å². The zero-order valence-corrected chi connectivity index (χ0v) is 17.4. The molecule has 0 aliphatic rings. The SMILES string of the molecule is Cc1cccc(OCCn2c(-c3cccc(C)c3)nc3scc(C(=O)O)c3c2=O)c1. The minimum absolute atomic E-state index is 0.0170. The number of rotatable bonds is 6. The van der Waals surface area contributed by atoms with Crippen LogP contribution in [0, 0.1) is 13.8 Å². The van der Waals surface area contributed by atoms with Gasteiger partial charge in [-0.1, -0.05) is 35.9 Å². The number of fused-ring (bicyclic) bond motifs is 1. The molecule has 0 saturated heterocycles. The Morgan fingerprint density at radius 1 is 1.13 bits per heavy atom. The summed E-state index contributed by atoms with van der Waals surface area (Å²) in [5.74, 6) is 0.0878. The number of carbonyl (C=O) groups is 1. The average Bonchev–Trinajstić information content (AvgIpc) is 3.14. The summed E-state index contributed by atoms with van der Waals surface area (Å²) in [6.07, 6.45) is 0. The van der Waals surface area contributed by atoms with Crippen LogP contribution in [0.25, 0.3) is 21.6 Å². The molecule has 2 heterocycles. The van der Waals surface area contributed by atoms with E-state index in [0.29, 0.717) is 10.7 Å². The van der Waals surface area contributed by atoms with Gasteiger partial charge in [0.15, 0.2) is 0 Å². The molecule has 4 aromatic rings. The van der Waals surface area contributed by atoms with E-state index in [9.17, 15) is 14.7 Å². The number of nitrogens with zero attached hydrogens (tertiary/aromatic N) is 2. The van der Waals surface area contributed by atoms with Gasteiger partial charge in [-0.15, -0.1) is 11.3 Å². The number of benzene rings is 2. The molecule has 2 aromatic heterocycles. The number of hydrogen-bond donors (Lipinski definition) is 1. The van der Waals surface area contributed by atoms with E-state index in [2.05, 4.69) is 4.98 Å². The van der Waals surface area contributed by atoms with Crippen molar-refractivity contribution in [3.63, 3.8) is 0 Å². The van der Waals surface area contributed by atoms with Crippen LogP contribution in [0.5, 0.6) is 5.75 Å². The highest BCUT2D eigenvalue weighted by molar-refractivity contribution is 7.17. The Bertz CT molecular complexity index is 1310. The Hall–Kier alpha value is -3.45. The lowest BCUT2D eigenvalue weighted by Gasteiger charge is -2.14. The van der Waals surface area contributed by atoms with E-state index in [1.54, 1.807) is 0 Å². The summed E-state index contributed by atoms with van der Waals surface area (Å²) in [5.41, 5.74) is 2.54. The maximum absolute atomic E-state index is 13.3. The summed E-state index contributed by atoms with van der Waals surface area (Å²) in [6, 6.07) is 15.4. The van der Waals surface area contributed by atoms with E-state index in [1.807, 2.05) is 62.4 Å². The highest BCUT2D eigenvalue weighted by atomic mass is 32.1. The molecule has 0 unspecified atom stereocenters. The molecule has 0 aliphatic carbocycles. The standard InChI is InChI=1S/C23H20N2O4S/c1-14-5-3-7-16(11-14)20-24-21-19(18(13-30-21)23(27)28)22(26)25(20)9-10-29-17-8-4-6-15(2)12-17/h3-8,11-13H,9-10H2,1-2H3,(H,27,28). The number of aryl methyl sites for hydroxylation is 2. The normalized spacial score (nSPS) is 11.0. The number of carboxylic acid groups (broad SMARTS) is 1. The minimum Gasteiger partial charge on any atom is -0.492 e. The first-order chi connectivity index (χ1) is 14.4. The summed E-state index contributed by atoms with van der Waals surface area (Å²) in [4.78, 5) is 30.0. The lowest BCUT2D eigenvalue weighted by atomic mass is 10.1. The van der Waals surface area contributed by atoms with Gasteiger partial charge in [-0.2, -0.15) is 0 Å². The van der Waals surface area contributed by atoms with Crippen molar-refractivity contribution in [3.05, 3.63) is 81.0 Å². The fourth-order valence-corrected chi connectivity index (χ4v) is 4.26. The van der Waals surface area contributed by atoms with E-state index in [0.717, 1.165) is 33.8 Å². The summed E-state index contributed by atoms with van der Waals surface area (Å²) >= 11 is 1.16. The number of ether oxygens (including phenoxy) is 1. The van der Waals surface area contributed by atoms with Gasteiger partial charge >= 0.3 is 5.97 Å². The van der Waals surface area contributed by atoms with Crippen LogP contribution in [0.2, 0.25) is 0 Å². The Morgan fingerprint density at radius 3 is 2.57 bits per heavy atom. The molecule has 4 rings (SSSR count). The minimum atomic E-state index is -1.13. The third kappa shape index (κ3) is 3.84. The van der Waals surface area contributed by atoms with Crippen LogP contribution >= 0.6 is 11.3 Å². The molecule has 0 radical (unpaired) electrons. The van der Waals surface area contributed by atoms with Gasteiger partial charge < -0.3 is 9.84 Å². The molecule has 152 valence electrons. The summed E-state index contributed by atoms with van der Waals surface area (Å²) in [7, 11) is 0. The van der Waals surface area contributed by atoms with E-state index in [4.69, 9.17) is 4.74 Å². The summed E-state index contributed by atoms with van der Waals surface area (Å²) in [5, 5.41) is 11.1. The van der Waals surface area contributed by atoms with E-state index in [-0.39, 0.29) is 29.7 Å². The fourth-order valence-electron chi connectivity index (χ4n) is 3.35. The molecule has 0 aliphatic heterocycles. The van der Waals surface area contributed by atoms with Gasteiger partial charge in [0.2, 0.25) is 0 Å². The molecule has 0 saturated carbocycles. The van der Waals surface area contributed by atoms with Crippen molar-refractivity contribution >= 4 is 27.5 Å². The van der Waals surface area contributed by atoms with Gasteiger partial charge in [0, 0.05) is 10.9 Å². The van der Waals surface area contributed by atoms with Gasteiger partial charge in [0.1, 0.15) is 23.0 Å². The molecular weight excluding hydrogens is 400 g/mol. The van der Waals surface area contributed by atoms with Crippen molar-refractivity contribution in [1.29, 1.82) is 0 Å².